The molecule has 2 rings (SSSR count). The molecule has 0 aromatic heterocycles. The van der Waals surface area contributed by atoms with E-state index in [4.69, 9.17) is 4.74 Å². The number of aliphatic hydroxyl groups excluding tert-OH is 1. The summed E-state index contributed by atoms with van der Waals surface area (Å²) in [4.78, 5) is 38.0. The Hall–Kier alpha value is -2.93. The largest absolute Gasteiger partial charge is 0.463 e. The first-order valence-corrected chi connectivity index (χ1v) is 12.1. The van der Waals surface area contributed by atoms with E-state index in [1.165, 1.54) is 0 Å². The first-order chi connectivity index (χ1) is 16.4. The zero-order valence-corrected chi connectivity index (χ0v) is 20.0. The number of aliphatic hydroxyl groups is 1. The molecule has 7 heteroatoms. The number of ether oxygens (including phenoxy) is 1. The van der Waals surface area contributed by atoms with Gasteiger partial charge < -0.3 is 20.5 Å². The van der Waals surface area contributed by atoms with Crippen molar-refractivity contribution in [2.45, 2.75) is 69.4 Å². The van der Waals surface area contributed by atoms with Gasteiger partial charge in [0, 0.05) is 12.8 Å². The molecule has 0 saturated heterocycles. The molecule has 2 atom stereocenters. The standard InChI is InChI=1S/C27H38N2O5/c1-3-5-7-15-25(32)34-19-23(21-13-8-6-9-14-21)28-26(33)22(12-4-2)18-24(31)29-27(20-30)16-10-11-17-27/h3-4,6,8-9,13-14,22-23,30H,1-2,5,7,10-12,15-20H2,(H,28,33)(H,29,31)/t22-,23+/m0/s1. The highest BCUT2D eigenvalue weighted by Gasteiger charge is 2.35. The SMILES string of the molecule is C=CCCCC(=O)OC[C@@H](NC(=O)[C@@H](CC=C)CC(=O)NC1(CO)CCCC1)c1ccccc1. The Morgan fingerprint density at radius 3 is 2.44 bits per heavy atom. The van der Waals surface area contributed by atoms with E-state index in [2.05, 4.69) is 23.8 Å². The number of allylic oxidation sites excluding steroid dienone is 2. The summed E-state index contributed by atoms with van der Waals surface area (Å²) >= 11 is 0. The molecule has 2 amide bonds. The predicted molar refractivity (Wildman–Crippen MR) is 132 cm³/mol. The average molecular weight is 471 g/mol. The van der Waals surface area contributed by atoms with E-state index in [0.717, 1.165) is 37.7 Å². The molecule has 1 saturated carbocycles. The summed E-state index contributed by atoms with van der Waals surface area (Å²) in [7, 11) is 0. The highest BCUT2D eigenvalue weighted by Crippen LogP contribution is 2.29. The molecule has 1 fully saturated rings. The van der Waals surface area contributed by atoms with Crippen molar-refractivity contribution < 1.29 is 24.2 Å². The van der Waals surface area contributed by atoms with Crippen molar-refractivity contribution in [3.05, 3.63) is 61.2 Å². The third kappa shape index (κ3) is 8.78. The second-order valence-corrected chi connectivity index (χ2v) is 8.95. The molecule has 0 heterocycles. The van der Waals surface area contributed by atoms with E-state index < -0.39 is 17.5 Å². The number of carbonyl (C=O) groups excluding carboxylic acids is 3. The number of nitrogens with one attached hydrogen (secondary N) is 2. The van der Waals surface area contributed by atoms with Crippen LogP contribution in [0, 0.1) is 5.92 Å². The Labute approximate surface area is 202 Å². The van der Waals surface area contributed by atoms with Crippen molar-refractivity contribution >= 4 is 17.8 Å². The van der Waals surface area contributed by atoms with Crippen molar-refractivity contribution in [3.8, 4) is 0 Å². The number of carbonyl (C=O) groups is 3. The van der Waals surface area contributed by atoms with Gasteiger partial charge in [-0.25, -0.2) is 0 Å². The lowest BCUT2D eigenvalue weighted by molar-refractivity contribution is -0.145. The Balaban J connectivity index is 2.02. The second kappa shape index (κ2) is 14.4. The second-order valence-electron chi connectivity index (χ2n) is 8.95. The van der Waals surface area contributed by atoms with Gasteiger partial charge in [-0.2, -0.15) is 0 Å². The third-order valence-electron chi connectivity index (χ3n) is 6.24. The Bertz CT molecular complexity index is 818. The molecule has 0 spiro atoms. The summed E-state index contributed by atoms with van der Waals surface area (Å²) < 4.78 is 5.43. The van der Waals surface area contributed by atoms with Crippen LogP contribution in [0.4, 0.5) is 0 Å². The van der Waals surface area contributed by atoms with Crippen molar-refractivity contribution in [2.75, 3.05) is 13.2 Å². The molecule has 1 aliphatic rings. The molecule has 1 aromatic carbocycles. The van der Waals surface area contributed by atoms with Crippen LogP contribution in [0.25, 0.3) is 0 Å². The fraction of sp³-hybridized carbons (Fsp3) is 0.519. The van der Waals surface area contributed by atoms with E-state index >= 15 is 0 Å². The summed E-state index contributed by atoms with van der Waals surface area (Å²) in [5.41, 5.74) is 0.223. The fourth-order valence-electron chi connectivity index (χ4n) is 4.26. The van der Waals surface area contributed by atoms with Crippen molar-refractivity contribution in [2.24, 2.45) is 5.92 Å². The zero-order valence-electron chi connectivity index (χ0n) is 20.0. The molecule has 186 valence electrons. The van der Waals surface area contributed by atoms with Crippen LogP contribution >= 0.6 is 0 Å². The van der Waals surface area contributed by atoms with E-state index in [1.807, 2.05) is 30.3 Å². The Kier molecular flexibility index (Phi) is 11.5. The topological polar surface area (TPSA) is 105 Å². The number of benzene rings is 1. The van der Waals surface area contributed by atoms with Crippen LogP contribution in [0.5, 0.6) is 0 Å². The van der Waals surface area contributed by atoms with Crippen molar-refractivity contribution in [3.63, 3.8) is 0 Å². The van der Waals surface area contributed by atoms with Gasteiger partial charge in [0.25, 0.3) is 0 Å². The van der Waals surface area contributed by atoms with Crippen molar-refractivity contribution in [1.29, 1.82) is 0 Å². The molecule has 7 nitrogen and oxygen atoms in total. The quantitative estimate of drug-likeness (QED) is 0.206. The van der Waals surface area contributed by atoms with Gasteiger partial charge in [-0.1, -0.05) is 55.3 Å². The van der Waals surface area contributed by atoms with Crippen molar-refractivity contribution in [1.82, 2.24) is 10.6 Å². The third-order valence-corrected chi connectivity index (χ3v) is 6.24. The Morgan fingerprint density at radius 2 is 1.82 bits per heavy atom. The highest BCUT2D eigenvalue weighted by molar-refractivity contribution is 5.86. The van der Waals surface area contributed by atoms with Gasteiger partial charge in [0.1, 0.15) is 6.61 Å². The van der Waals surface area contributed by atoms with Crippen LogP contribution in [0.1, 0.15) is 69.4 Å². The number of hydrogen-bond acceptors (Lipinski definition) is 5. The minimum atomic E-state index is -0.621. The summed E-state index contributed by atoms with van der Waals surface area (Å²) in [6.07, 6.45) is 8.77. The lowest BCUT2D eigenvalue weighted by Gasteiger charge is -2.29. The van der Waals surface area contributed by atoms with Crippen LogP contribution < -0.4 is 10.6 Å². The predicted octanol–water partition coefficient (Wildman–Crippen LogP) is 3.75. The van der Waals surface area contributed by atoms with Crippen LogP contribution in [-0.2, 0) is 19.1 Å². The summed E-state index contributed by atoms with van der Waals surface area (Å²) in [5, 5.41) is 15.7. The molecular formula is C27H38N2O5. The van der Waals surface area contributed by atoms with E-state index in [1.54, 1.807) is 12.2 Å². The monoisotopic (exact) mass is 470 g/mol. The number of esters is 1. The molecule has 0 unspecified atom stereocenters. The fourth-order valence-corrected chi connectivity index (χ4v) is 4.26. The van der Waals surface area contributed by atoms with Crippen LogP contribution in [0.2, 0.25) is 0 Å². The van der Waals surface area contributed by atoms with E-state index in [-0.39, 0.29) is 43.8 Å². The number of unbranched alkanes of at least 4 members (excludes halogenated alkanes) is 1. The molecule has 34 heavy (non-hydrogen) atoms. The molecule has 0 radical (unpaired) electrons. The number of amides is 2. The van der Waals surface area contributed by atoms with Gasteiger partial charge in [0.05, 0.1) is 24.1 Å². The Morgan fingerprint density at radius 1 is 1.12 bits per heavy atom. The molecule has 0 aliphatic heterocycles. The smallest absolute Gasteiger partial charge is 0.305 e. The van der Waals surface area contributed by atoms with Gasteiger partial charge in [-0.15, -0.1) is 13.2 Å². The minimum Gasteiger partial charge on any atom is -0.463 e. The highest BCUT2D eigenvalue weighted by atomic mass is 16.5. The molecule has 3 N–H and O–H groups in total. The summed E-state index contributed by atoms with van der Waals surface area (Å²) in [6, 6.07) is 8.75. The molecular weight excluding hydrogens is 432 g/mol. The van der Waals surface area contributed by atoms with Crippen LogP contribution in [0.3, 0.4) is 0 Å². The molecule has 1 aromatic rings. The van der Waals surface area contributed by atoms with Gasteiger partial charge in [-0.3, -0.25) is 14.4 Å². The lowest BCUT2D eigenvalue weighted by atomic mass is 9.95. The summed E-state index contributed by atoms with van der Waals surface area (Å²) in [5.74, 6) is -1.52. The van der Waals surface area contributed by atoms with E-state index in [9.17, 15) is 19.5 Å². The maximum atomic E-state index is 13.2. The average Bonchev–Trinajstić information content (AvgIpc) is 3.30. The van der Waals surface area contributed by atoms with E-state index in [0.29, 0.717) is 12.8 Å². The van der Waals surface area contributed by atoms with Crippen LogP contribution in [0.15, 0.2) is 55.6 Å². The normalized spacial score (nSPS) is 16.1. The zero-order chi connectivity index (χ0) is 24.8. The first-order valence-electron chi connectivity index (χ1n) is 12.1. The lowest BCUT2D eigenvalue weighted by Crippen LogP contribution is -2.50. The maximum absolute atomic E-state index is 13.2. The van der Waals surface area contributed by atoms with Gasteiger partial charge in [0.15, 0.2) is 0 Å². The maximum Gasteiger partial charge on any atom is 0.305 e. The summed E-state index contributed by atoms with van der Waals surface area (Å²) in [6.45, 7) is 7.27. The first kappa shape index (κ1) is 27.3. The van der Waals surface area contributed by atoms with Crippen LogP contribution in [-0.4, -0.2) is 41.6 Å². The minimum absolute atomic E-state index is 0.00328. The van der Waals surface area contributed by atoms with Gasteiger partial charge >= 0.3 is 5.97 Å². The van der Waals surface area contributed by atoms with Gasteiger partial charge in [0.2, 0.25) is 11.8 Å². The van der Waals surface area contributed by atoms with Gasteiger partial charge in [-0.05, 0) is 37.7 Å². The molecule has 1 aliphatic carbocycles. The number of hydrogen-bond donors (Lipinski definition) is 3. The molecule has 0 bridgehead atoms. The number of rotatable bonds is 15.